The van der Waals surface area contributed by atoms with E-state index in [-0.39, 0.29) is 11.5 Å². The second kappa shape index (κ2) is 3.51. The van der Waals surface area contributed by atoms with Crippen LogP contribution in [0.15, 0.2) is 24.3 Å². The summed E-state index contributed by atoms with van der Waals surface area (Å²) in [5, 5.41) is 9.32. The lowest BCUT2D eigenvalue weighted by Gasteiger charge is -2.19. The van der Waals surface area contributed by atoms with Gasteiger partial charge in [-0.2, -0.15) is 0 Å². The summed E-state index contributed by atoms with van der Waals surface area (Å²) in [6.45, 7) is 8.34. The Bertz CT molecular complexity index is 264. The first-order valence-electron chi connectivity index (χ1n) is 4.70. The van der Waals surface area contributed by atoms with Gasteiger partial charge >= 0.3 is 0 Å². The third kappa shape index (κ3) is 2.56. The van der Waals surface area contributed by atoms with Crippen LogP contribution in [0.2, 0.25) is 0 Å². The van der Waals surface area contributed by atoms with Crippen LogP contribution in [0.3, 0.4) is 0 Å². The summed E-state index contributed by atoms with van der Waals surface area (Å²) in [5.74, 6) is 0. The molecule has 13 heavy (non-hydrogen) atoms. The number of aliphatic hydroxyl groups excluding tert-OH is 1. The Balaban J connectivity index is 2.94. The van der Waals surface area contributed by atoms with Crippen molar-refractivity contribution in [1.82, 2.24) is 0 Å². The summed E-state index contributed by atoms with van der Waals surface area (Å²) in [6.07, 6.45) is -0.367. The average Bonchev–Trinajstić information content (AvgIpc) is 2.03. The van der Waals surface area contributed by atoms with Crippen molar-refractivity contribution in [2.45, 2.75) is 39.2 Å². The standard InChI is InChI=1S/C12H18O/c1-9(13)10-5-7-11(8-6-10)12(2,3)4/h5-9,13H,1-4H3/t9-/m1/s1. The van der Waals surface area contributed by atoms with Gasteiger partial charge < -0.3 is 5.11 Å². The molecule has 1 rings (SSSR count). The molecule has 0 fully saturated rings. The number of aliphatic hydroxyl groups is 1. The zero-order valence-corrected chi connectivity index (χ0v) is 8.83. The smallest absolute Gasteiger partial charge is 0.0761 e. The first-order valence-corrected chi connectivity index (χ1v) is 4.70. The Hall–Kier alpha value is -0.820. The highest BCUT2D eigenvalue weighted by Crippen LogP contribution is 2.23. The third-order valence-corrected chi connectivity index (χ3v) is 2.26. The summed E-state index contributed by atoms with van der Waals surface area (Å²) in [7, 11) is 0. The van der Waals surface area contributed by atoms with E-state index in [1.807, 2.05) is 12.1 Å². The molecule has 1 N–H and O–H groups in total. The van der Waals surface area contributed by atoms with E-state index in [2.05, 4.69) is 32.9 Å². The molecule has 1 nitrogen and oxygen atoms in total. The van der Waals surface area contributed by atoms with Crippen LogP contribution in [0.5, 0.6) is 0 Å². The number of rotatable bonds is 1. The van der Waals surface area contributed by atoms with Crippen molar-refractivity contribution in [3.63, 3.8) is 0 Å². The lowest BCUT2D eigenvalue weighted by atomic mass is 9.86. The van der Waals surface area contributed by atoms with E-state index in [1.54, 1.807) is 6.92 Å². The van der Waals surface area contributed by atoms with Gasteiger partial charge in [0.15, 0.2) is 0 Å². The Morgan fingerprint density at radius 3 is 1.85 bits per heavy atom. The van der Waals surface area contributed by atoms with Crippen molar-refractivity contribution in [2.24, 2.45) is 0 Å². The molecule has 1 atom stereocenters. The van der Waals surface area contributed by atoms with E-state index in [0.29, 0.717) is 0 Å². The maximum atomic E-state index is 9.32. The maximum absolute atomic E-state index is 9.32. The van der Waals surface area contributed by atoms with Crippen LogP contribution in [0.25, 0.3) is 0 Å². The minimum atomic E-state index is -0.367. The molecule has 1 aromatic rings. The van der Waals surface area contributed by atoms with Gasteiger partial charge in [0.25, 0.3) is 0 Å². The number of hydrogen-bond donors (Lipinski definition) is 1. The zero-order valence-electron chi connectivity index (χ0n) is 8.83. The van der Waals surface area contributed by atoms with Gasteiger partial charge in [-0.15, -0.1) is 0 Å². The molecule has 1 heteroatoms. The van der Waals surface area contributed by atoms with Gasteiger partial charge in [0.2, 0.25) is 0 Å². The normalized spacial score (nSPS) is 14.2. The Morgan fingerprint density at radius 2 is 1.54 bits per heavy atom. The van der Waals surface area contributed by atoms with E-state index < -0.39 is 0 Å². The summed E-state index contributed by atoms with van der Waals surface area (Å²) < 4.78 is 0. The monoisotopic (exact) mass is 178 g/mol. The summed E-state index contributed by atoms with van der Waals surface area (Å²) in [6, 6.07) is 8.15. The minimum Gasteiger partial charge on any atom is -0.389 e. The van der Waals surface area contributed by atoms with Crippen LogP contribution >= 0.6 is 0 Å². The van der Waals surface area contributed by atoms with Crippen LogP contribution in [-0.2, 0) is 5.41 Å². The molecule has 0 aliphatic rings. The van der Waals surface area contributed by atoms with Crippen molar-refractivity contribution in [3.8, 4) is 0 Å². The van der Waals surface area contributed by atoms with Gasteiger partial charge in [0.1, 0.15) is 0 Å². The first-order chi connectivity index (χ1) is 5.91. The van der Waals surface area contributed by atoms with Gasteiger partial charge in [0.05, 0.1) is 6.10 Å². The molecule has 0 amide bonds. The van der Waals surface area contributed by atoms with Gasteiger partial charge in [-0.25, -0.2) is 0 Å². The second-order valence-corrected chi connectivity index (χ2v) is 4.55. The Kier molecular flexibility index (Phi) is 2.77. The van der Waals surface area contributed by atoms with Gasteiger partial charge in [-0.1, -0.05) is 45.0 Å². The van der Waals surface area contributed by atoms with E-state index >= 15 is 0 Å². The predicted molar refractivity (Wildman–Crippen MR) is 55.8 cm³/mol. The van der Waals surface area contributed by atoms with Gasteiger partial charge in [0, 0.05) is 0 Å². The molecule has 0 spiro atoms. The topological polar surface area (TPSA) is 20.2 Å². The summed E-state index contributed by atoms with van der Waals surface area (Å²) in [4.78, 5) is 0. The van der Waals surface area contributed by atoms with E-state index in [9.17, 15) is 5.11 Å². The quantitative estimate of drug-likeness (QED) is 0.700. The van der Waals surface area contributed by atoms with Crippen LogP contribution in [0.1, 0.15) is 44.9 Å². The van der Waals surface area contributed by atoms with E-state index in [0.717, 1.165) is 5.56 Å². The highest BCUT2D eigenvalue weighted by molar-refractivity contribution is 5.28. The third-order valence-electron chi connectivity index (χ3n) is 2.26. The molecule has 0 unspecified atom stereocenters. The Morgan fingerprint density at radius 1 is 1.08 bits per heavy atom. The molecule has 72 valence electrons. The molecule has 0 radical (unpaired) electrons. The van der Waals surface area contributed by atoms with Gasteiger partial charge in [-0.3, -0.25) is 0 Å². The van der Waals surface area contributed by atoms with Gasteiger partial charge in [-0.05, 0) is 23.5 Å². The van der Waals surface area contributed by atoms with Crippen molar-refractivity contribution < 1.29 is 5.11 Å². The fourth-order valence-electron chi connectivity index (χ4n) is 1.26. The number of hydrogen-bond acceptors (Lipinski definition) is 1. The molecule has 0 aromatic heterocycles. The van der Waals surface area contributed by atoms with E-state index in [1.165, 1.54) is 5.56 Å². The number of benzene rings is 1. The summed E-state index contributed by atoms with van der Waals surface area (Å²) >= 11 is 0. The maximum Gasteiger partial charge on any atom is 0.0761 e. The lowest BCUT2D eigenvalue weighted by Crippen LogP contribution is -2.10. The fraction of sp³-hybridized carbons (Fsp3) is 0.500. The summed E-state index contributed by atoms with van der Waals surface area (Å²) in [5.41, 5.74) is 2.47. The van der Waals surface area contributed by atoms with Crippen molar-refractivity contribution >= 4 is 0 Å². The van der Waals surface area contributed by atoms with Crippen LogP contribution < -0.4 is 0 Å². The van der Waals surface area contributed by atoms with Crippen molar-refractivity contribution in [2.75, 3.05) is 0 Å². The zero-order chi connectivity index (χ0) is 10.1. The van der Waals surface area contributed by atoms with Crippen LogP contribution in [0.4, 0.5) is 0 Å². The van der Waals surface area contributed by atoms with Crippen molar-refractivity contribution in [1.29, 1.82) is 0 Å². The highest BCUT2D eigenvalue weighted by Gasteiger charge is 2.13. The predicted octanol–water partition coefficient (Wildman–Crippen LogP) is 3.04. The molecule has 1 aromatic carbocycles. The van der Waals surface area contributed by atoms with E-state index in [4.69, 9.17) is 0 Å². The van der Waals surface area contributed by atoms with Crippen molar-refractivity contribution in [3.05, 3.63) is 35.4 Å². The SMILES string of the molecule is C[C@@H](O)c1ccc(C(C)(C)C)cc1. The molecule has 0 heterocycles. The molecule has 0 saturated carbocycles. The average molecular weight is 178 g/mol. The lowest BCUT2D eigenvalue weighted by molar-refractivity contribution is 0.199. The Labute approximate surface area is 80.4 Å². The van der Waals surface area contributed by atoms with Crippen LogP contribution in [0, 0.1) is 0 Å². The molecule has 0 aliphatic heterocycles. The van der Waals surface area contributed by atoms with Crippen LogP contribution in [-0.4, -0.2) is 5.11 Å². The molecular weight excluding hydrogens is 160 g/mol. The molecular formula is C12H18O. The second-order valence-electron chi connectivity index (χ2n) is 4.55. The molecule has 0 bridgehead atoms. The fourth-order valence-corrected chi connectivity index (χ4v) is 1.26. The highest BCUT2D eigenvalue weighted by atomic mass is 16.3. The minimum absolute atomic E-state index is 0.192. The molecule has 0 saturated heterocycles. The molecule has 0 aliphatic carbocycles. The first kappa shape index (κ1) is 10.3. The largest absolute Gasteiger partial charge is 0.389 e.